The third kappa shape index (κ3) is 2.63. The summed E-state index contributed by atoms with van der Waals surface area (Å²) in [7, 11) is 0. The van der Waals surface area contributed by atoms with Crippen molar-refractivity contribution in [1.82, 2.24) is 0 Å². The van der Waals surface area contributed by atoms with E-state index in [1.54, 1.807) is 6.07 Å². The minimum Gasteiger partial charge on any atom is -0.398 e. The molecule has 0 heterocycles. The van der Waals surface area contributed by atoms with Crippen LogP contribution in [0.3, 0.4) is 0 Å². The molecule has 0 amide bonds. The number of carbonyl (C=O) groups is 1. The highest BCUT2D eigenvalue weighted by atomic mass is 35.5. The number of nitrogen functional groups attached to an aromatic ring is 1. The number of benzene rings is 1. The predicted octanol–water partition coefficient (Wildman–Crippen LogP) is 2.36. The van der Waals surface area contributed by atoms with E-state index in [1.165, 1.54) is 0 Å². The molecule has 0 saturated heterocycles. The normalized spacial score (nSPS) is 10.1. The van der Waals surface area contributed by atoms with E-state index < -0.39 is 0 Å². The molecule has 4 heteroatoms. The molecule has 0 aliphatic rings. The van der Waals surface area contributed by atoms with Crippen LogP contribution in [0.15, 0.2) is 18.2 Å². The molecule has 0 radical (unpaired) electrons. The SMILES string of the molecule is Nc1cccc(CCl)c1CC(=O)CCl. The van der Waals surface area contributed by atoms with E-state index in [9.17, 15) is 4.79 Å². The maximum atomic E-state index is 11.2. The molecule has 0 bridgehead atoms. The molecular weight excluding hydrogens is 221 g/mol. The molecule has 0 aromatic heterocycles. The molecule has 0 atom stereocenters. The molecule has 1 rings (SSSR count). The van der Waals surface area contributed by atoms with Crippen molar-refractivity contribution >= 4 is 34.7 Å². The Morgan fingerprint density at radius 1 is 1.36 bits per heavy atom. The minimum absolute atomic E-state index is 0.00998. The van der Waals surface area contributed by atoms with Gasteiger partial charge in [-0.15, -0.1) is 23.2 Å². The smallest absolute Gasteiger partial charge is 0.152 e. The molecule has 0 fully saturated rings. The van der Waals surface area contributed by atoms with Crippen LogP contribution >= 0.6 is 23.2 Å². The van der Waals surface area contributed by atoms with Gasteiger partial charge in [-0.05, 0) is 17.2 Å². The lowest BCUT2D eigenvalue weighted by molar-refractivity contribution is -0.116. The summed E-state index contributed by atoms with van der Waals surface area (Å²) in [6.45, 7) is 0. The molecule has 76 valence electrons. The number of alkyl halides is 2. The molecule has 0 unspecified atom stereocenters. The van der Waals surface area contributed by atoms with Crippen molar-refractivity contribution in [2.24, 2.45) is 0 Å². The van der Waals surface area contributed by atoms with E-state index >= 15 is 0 Å². The van der Waals surface area contributed by atoms with Gasteiger partial charge in [-0.1, -0.05) is 12.1 Å². The summed E-state index contributed by atoms with van der Waals surface area (Å²) in [5.41, 5.74) is 8.04. The first-order valence-corrected chi connectivity index (χ1v) is 5.25. The second kappa shape index (κ2) is 5.23. The second-order valence-electron chi connectivity index (χ2n) is 2.97. The van der Waals surface area contributed by atoms with Gasteiger partial charge in [0.15, 0.2) is 5.78 Å². The van der Waals surface area contributed by atoms with Gasteiger partial charge < -0.3 is 5.73 Å². The number of hydrogen-bond acceptors (Lipinski definition) is 2. The number of nitrogens with two attached hydrogens (primary N) is 1. The van der Waals surface area contributed by atoms with E-state index in [1.807, 2.05) is 12.1 Å². The highest BCUT2D eigenvalue weighted by Gasteiger charge is 2.09. The summed E-state index contributed by atoms with van der Waals surface area (Å²) < 4.78 is 0. The Kier molecular flexibility index (Phi) is 4.23. The fraction of sp³-hybridized carbons (Fsp3) is 0.300. The average molecular weight is 232 g/mol. The Labute approximate surface area is 93.0 Å². The van der Waals surface area contributed by atoms with Crippen LogP contribution in [-0.2, 0) is 17.1 Å². The van der Waals surface area contributed by atoms with Crippen molar-refractivity contribution < 1.29 is 4.79 Å². The average Bonchev–Trinajstić information content (AvgIpc) is 2.20. The molecule has 0 spiro atoms. The fourth-order valence-electron chi connectivity index (χ4n) is 1.24. The van der Waals surface area contributed by atoms with E-state index in [4.69, 9.17) is 28.9 Å². The van der Waals surface area contributed by atoms with Gasteiger partial charge in [-0.25, -0.2) is 0 Å². The lowest BCUT2D eigenvalue weighted by Crippen LogP contribution is -2.08. The Bertz CT molecular complexity index is 339. The summed E-state index contributed by atoms with van der Waals surface area (Å²) in [4.78, 5) is 11.2. The van der Waals surface area contributed by atoms with Crippen LogP contribution in [0.5, 0.6) is 0 Å². The lowest BCUT2D eigenvalue weighted by Gasteiger charge is -2.08. The molecular formula is C10H11Cl2NO. The minimum atomic E-state index is -0.0454. The molecule has 0 aliphatic carbocycles. The standard InChI is InChI=1S/C10H11Cl2NO/c11-5-7-2-1-3-10(13)9(7)4-8(14)6-12/h1-3H,4-6,13H2. The van der Waals surface area contributed by atoms with Crippen LogP contribution in [0.25, 0.3) is 0 Å². The van der Waals surface area contributed by atoms with Gasteiger partial charge >= 0.3 is 0 Å². The van der Waals surface area contributed by atoms with Gasteiger partial charge in [0.1, 0.15) is 0 Å². The van der Waals surface area contributed by atoms with Crippen LogP contribution in [0.2, 0.25) is 0 Å². The summed E-state index contributed by atoms with van der Waals surface area (Å²) >= 11 is 11.2. The number of Topliss-reactive ketones (excluding diaryl/α,β-unsaturated/α-hetero) is 1. The molecule has 2 nitrogen and oxygen atoms in total. The Morgan fingerprint density at radius 3 is 2.64 bits per heavy atom. The molecule has 2 N–H and O–H groups in total. The monoisotopic (exact) mass is 231 g/mol. The van der Waals surface area contributed by atoms with Crippen LogP contribution in [-0.4, -0.2) is 11.7 Å². The van der Waals surface area contributed by atoms with Gasteiger partial charge in [0.2, 0.25) is 0 Å². The third-order valence-electron chi connectivity index (χ3n) is 1.98. The van der Waals surface area contributed by atoms with Crippen molar-refractivity contribution in [2.75, 3.05) is 11.6 Å². The van der Waals surface area contributed by atoms with Gasteiger partial charge in [0.25, 0.3) is 0 Å². The summed E-state index contributed by atoms with van der Waals surface area (Å²) in [5.74, 6) is 0.322. The van der Waals surface area contributed by atoms with Gasteiger partial charge in [0, 0.05) is 18.0 Å². The number of ketones is 1. The van der Waals surface area contributed by atoms with Gasteiger partial charge in [-0.2, -0.15) is 0 Å². The second-order valence-corrected chi connectivity index (χ2v) is 3.50. The first-order valence-electron chi connectivity index (χ1n) is 4.19. The van der Waals surface area contributed by atoms with Gasteiger partial charge in [0.05, 0.1) is 5.88 Å². The van der Waals surface area contributed by atoms with Crippen molar-refractivity contribution in [1.29, 1.82) is 0 Å². The third-order valence-corrected chi connectivity index (χ3v) is 2.56. The van der Waals surface area contributed by atoms with E-state index in [0.717, 1.165) is 11.1 Å². The number of carbonyl (C=O) groups excluding carboxylic acids is 1. The van der Waals surface area contributed by atoms with Crippen molar-refractivity contribution in [3.63, 3.8) is 0 Å². The van der Waals surface area contributed by atoms with Crippen LogP contribution in [0, 0.1) is 0 Å². The molecule has 1 aromatic rings. The van der Waals surface area contributed by atoms with E-state index in [0.29, 0.717) is 11.6 Å². The first kappa shape index (κ1) is 11.3. The lowest BCUT2D eigenvalue weighted by atomic mass is 10.0. The summed E-state index contributed by atoms with van der Waals surface area (Å²) in [6, 6.07) is 5.44. The maximum Gasteiger partial charge on any atom is 0.152 e. The first-order chi connectivity index (χ1) is 6.69. The molecule has 1 aromatic carbocycles. The van der Waals surface area contributed by atoms with E-state index in [2.05, 4.69) is 0 Å². The topological polar surface area (TPSA) is 43.1 Å². The summed E-state index contributed by atoms with van der Waals surface area (Å²) in [5, 5.41) is 0. The number of halogens is 2. The fourth-order valence-corrected chi connectivity index (χ4v) is 1.58. The largest absolute Gasteiger partial charge is 0.398 e. The van der Waals surface area contributed by atoms with E-state index in [-0.39, 0.29) is 18.1 Å². The Morgan fingerprint density at radius 2 is 2.07 bits per heavy atom. The zero-order chi connectivity index (χ0) is 10.6. The molecule has 0 saturated carbocycles. The van der Waals surface area contributed by atoms with Crippen LogP contribution in [0.4, 0.5) is 5.69 Å². The van der Waals surface area contributed by atoms with Crippen molar-refractivity contribution in [2.45, 2.75) is 12.3 Å². The number of hydrogen-bond donors (Lipinski definition) is 1. The van der Waals surface area contributed by atoms with Crippen LogP contribution in [0.1, 0.15) is 11.1 Å². The Hall–Kier alpha value is -0.730. The number of anilines is 1. The highest BCUT2D eigenvalue weighted by molar-refractivity contribution is 6.27. The predicted molar refractivity (Wildman–Crippen MR) is 59.8 cm³/mol. The zero-order valence-electron chi connectivity index (χ0n) is 7.59. The van der Waals surface area contributed by atoms with Crippen LogP contribution < -0.4 is 5.73 Å². The van der Waals surface area contributed by atoms with Crippen molar-refractivity contribution in [3.8, 4) is 0 Å². The zero-order valence-corrected chi connectivity index (χ0v) is 9.11. The van der Waals surface area contributed by atoms with Crippen molar-refractivity contribution in [3.05, 3.63) is 29.3 Å². The quantitative estimate of drug-likeness (QED) is 0.639. The molecule has 14 heavy (non-hydrogen) atoms. The molecule has 0 aliphatic heterocycles. The Balaban J connectivity index is 2.98. The van der Waals surface area contributed by atoms with Gasteiger partial charge in [-0.3, -0.25) is 4.79 Å². The highest BCUT2D eigenvalue weighted by Crippen LogP contribution is 2.19. The number of rotatable bonds is 4. The summed E-state index contributed by atoms with van der Waals surface area (Å²) in [6.07, 6.45) is 0.262. The maximum absolute atomic E-state index is 11.2.